The molecule has 2 aromatic carbocycles. The normalized spacial score (nSPS) is 19.8. The van der Waals surface area contributed by atoms with Crippen LogP contribution in [0, 0.1) is 11.6 Å². The van der Waals surface area contributed by atoms with E-state index in [1.54, 1.807) is 18.2 Å². The molecule has 1 heterocycles. The number of nitrogens with zero attached hydrogens (tertiary/aromatic N) is 1. The molecule has 142 valence electrons. The number of amides is 1. The van der Waals surface area contributed by atoms with Crippen molar-refractivity contribution in [3.05, 3.63) is 59.2 Å². The fraction of sp³-hybridized carbons (Fsp3) is 0.381. The molecule has 27 heavy (non-hydrogen) atoms. The van der Waals surface area contributed by atoms with Crippen molar-refractivity contribution in [2.45, 2.75) is 37.7 Å². The van der Waals surface area contributed by atoms with Crippen molar-refractivity contribution >= 4 is 11.6 Å². The Kier molecular flexibility index (Phi) is 4.72. The number of ether oxygens (including phenoxy) is 1. The molecule has 4 nitrogen and oxygen atoms in total. The summed E-state index contributed by atoms with van der Waals surface area (Å²) >= 11 is 0. The average Bonchev–Trinajstić information content (AvgIpc) is 3.47. The van der Waals surface area contributed by atoms with Crippen LogP contribution in [0.2, 0.25) is 0 Å². The maximum Gasteiger partial charge on any atom is 0.251 e. The van der Waals surface area contributed by atoms with Gasteiger partial charge in [0.1, 0.15) is 23.5 Å². The summed E-state index contributed by atoms with van der Waals surface area (Å²) in [7, 11) is 0. The van der Waals surface area contributed by atoms with Gasteiger partial charge in [0.15, 0.2) is 0 Å². The Labute approximate surface area is 156 Å². The van der Waals surface area contributed by atoms with Crippen LogP contribution < -0.4 is 15.4 Å². The molecule has 2 N–H and O–H groups in total. The molecule has 2 aromatic rings. The van der Waals surface area contributed by atoms with Crippen LogP contribution in [0.4, 0.5) is 14.5 Å². The summed E-state index contributed by atoms with van der Waals surface area (Å²) in [6.45, 7) is 1.52. The Balaban J connectivity index is 1.54. The number of primary amides is 1. The van der Waals surface area contributed by atoms with Gasteiger partial charge in [-0.1, -0.05) is 0 Å². The molecule has 0 spiro atoms. The zero-order valence-corrected chi connectivity index (χ0v) is 15.0. The Morgan fingerprint density at radius 3 is 2.52 bits per heavy atom. The summed E-state index contributed by atoms with van der Waals surface area (Å²) in [5, 5.41) is 0. The number of hydrogen-bond donors (Lipinski definition) is 1. The number of carbonyl (C=O) groups is 1. The lowest BCUT2D eigenvalue weighted by atomic mass is 10.0. The summed E-state index contributed by atoms with van der Waals surface area (Å²) in [5.41, 5.74) is 7.01. The van der Waals surface area contributed by atoms with E-state index in [-0.39, 0.29) is 17.5 Å². The second-order valence-corrected chi connectivity index (χ2v) is 7.31. The topological polar surface area (TPSA) is 55.6 Å². The smallest absolute Gasteiger partial charge is 0.251 e. The van der Waals surface area contributed by atoms with Crippen LogP contribution in [0.1, 0.15) is 47.5 Å². The maximum absolute atomic E-state index is 14.3. The van der Waals surface area contributed by atoms with E-state index in [1.807, 2.05) is 0 Å². The molecule has 1 unspecified atom stereocenters. The number of anilines is 1. The van der Waals surface area contributed by atoms with Crippen molar-refractivity contribution < 1.29 is 18.3 Å². The molecule has 0 aromatic heterocycles. The first kappa shape index (κ1) is 17.8. The predicted octanol–water partition coefficient (Wildman–Crippen LogP) is 3.99. The van der Waals surface area contributed by atoms with Gasteiger partial charge in [-0.15, -0.1) is 0 Å². The number of nitrogens with two attached hydrogens (primary N) is 1. The van der Waals surface area contributed by atoms with Gasteiger partial charge in [-0.05, 0) is 67.5 Å². The van der Waals surface area contributed by atoms with Crippen LogP contribution in [0.5, 0.6) is 5.75 Å². The van der Waals surface area contributed by atoms with Gasteiger partial charge < -0.3 is 15.4 Å². The number of piperidine rings is 1. The first-order chi connectivity index (χ1) is 13.0. The van der Waals surface area contributed by atoms with E-state index < -0.39 is 11.7 Å². The molecule has 1 atom stereocenters. The predicted molar refractivity (Wildman–Crippen MR) is 99.2 cm³/mol. The van der Waals surface area contributed by atoms with Crippen molar-refractivity contribution in [3.63, 3.8) is 0 Å². The molecule has 1 saturated heterocycles. The van der Waals surface area contributed by atoms with Gasteiger partial charge in [-0.2, -0.15) is 0 Å². The molecule has 2 fully saturated rings. The number of carbonyl (C=O) groups excluding carboxylic acids is 1. The molecule has 6 heteroatoms. The van der Waals surface area contributed by atoms with E-state index in [9.17, 15) is 13.6 Å². The van der Waals surface area contributed by atoms with Gasteiger partial charge in [-0.25, -0.2) is 8.78 Å². The van der Waals surface area contributed by atoms with E-state index in [2.05, 4.69) is 4.90 Å². The highest BCUT2D eigenvalue weighted by atomic mass is 19.1. The SMILES string of the molecule is NC(=O)c1cc(C2CC2)c(OC2CCCN(c3ccc(F)cc3)C2)cc1F. The third-order valence-electron chi connectivity index (χ3n) is 5.25. The van der Waals surface area contributed by atoms with Crippen LogP contribution in [-0.4, -0.2) is 25.1 Å². The Bertz CT molecular complexity index is 850. The molecular weight excluding hydrogens is 350 g/mol. The Hall–Kier alpha value is -2.63. The van der Waals surface area contributed by atoms with Gasteiger partial charge >= 0.3 is 0 Å². The zero-order chi connectivity index (χ0) is 19.0. The fourth-order valence-electron chi connectivity index (χ4n) is 3.68. The largest absolute Gasteiger partial charge is 0.488 e. The first-order valence-electron chi connectivity index (χ1n) is 9.31. The highest BCUT2D eigenvalue weighted by Crippen LogP contribution is 2.45. The van der Waals surface area contributed by atoms with Crippen molar-refractivity contribution in [1.29, 1.82) is 0 Å². The van der Waals surface area contributed by atoms with E-state index in [1.165, 1.54) is 18.2 Å². The highest BCUT2D eigenvalue weighted by Gasteiger charge is 2.31. The summed E-state index contributed by atoms with van der Waals surface area (Å²) in [6.07, 6.45) is 3.71. The summed E-state index contributed by atoms with van der Waals surface area (Å²) in [6, 6.07) is 9.25. The lowest BCUT2D eigenvalue weighted by Crippen LogP contribution is -2.41. The van der Waals surface area contributed by atoms with Gasteiger partial charge in [-0.3, -0.25) is 4.79 Å². The van der Waals surface area contributed by atoms with Crippen LogP contribution >= 0.6 is 0 Å². The monoisotopic (exact) mass is 372 g/mol. The van der Waals surface area contributed by atoms with E-state index in [0.717, 1.165) is 43.5 Å². The standard InChI is InChI=1S/C21H22F2N2O2/c22-14-5-7-15(8-6-14)25-9-1-2-16(12-25)27-20-11-19(23)18(21(24)26)10-17(20)13-3-4-13/h5-8,10-11,13,16H,1-4,9,12H2,(H2,24,26). The minimum atomic E-state index is -0.763. The third kappa shape index (κ3) is 3.89. The number of hydrogen-bond acceptors (Lipinski definition) is 3. The molecule has 2 aliphatic rings. The Morgan fingerprint density at radius 1 is 1.11 bits per heavy atom. The van der Waals surface area contributed by atoms with Gasteiger partial charge in [0, 0.05) is 18.3 Å². The summed E-state index contributed by atoms with van der Waals surface area (Å²) in [5.74, 6) is -0.863. The van der Waals surface area contributed by atoms with Crippen LogP contribution in [0.15, 0.2) is 36.4 Å². The van der Waals surface area contributed by atoms with Gasteiger partial charge in [0.2, 0.25) is 0 Å². The lowest BCUT2D eigenvalue weighted by molar-refractivity contribution is 0.0996. The van der Waals surface area contributed by atoms with E-state index in [0.29, 0.717) is 18.2 Å². The third-order valence-corrected chi connectivity index (χ3v) is 5.25. The van der Waals surface area contributed by atoms with Crippen LogP contribution in [-0.2, 0) is 0 Å². The molecule has 1 saturated carbocycles. The lowest BCUT2D eigenvalue weighted by Gasteiger charge is -2.35. The van der Waals surface area contributed by atoms with Gasteiger partial charge in [0.25, 0.3) is 5.91 Å². The van der Waals surface area contributed by atoms with Crippen LogP contribution in [0.25, 0.3) is 0 Å². The molecule has 0 radical (unpaired) electrons. The quantitative estimate of drug-likeness (QED) is 0.863. The van der Waals surface area contributed by atoms with E-state index >= 15 is 0 Å². The van der Waals surface area contributed by atoms with Crippen molar-refractivity contribution in [2.24, 2.45) is 5.73 Å². The number of rotatable bonds is 5. The van der Waals surface area contributed by atoms with Crippen molar-refractivity contribution in [1.82, 2.24) is 0 Å². The second-order valence-electron chi connectivity index (χ2n) is 7.31. The number of benzene rings is 2. The van der Waals surface area contributed by atoms with Crippen molar-refractivity contribution in [3.8, 4) is 5.75 Å². The summed E-state index contributed by atoms with van der Waals surface area (Å²) in [4.78, 5) is 13.6. The average molecular weight is 372 g/mol. The molecule has 4 rings (SSSR count). The molecule has 1 aliphatic carbocycles. The second kappa shape index (κ2) is 7.18. The maximum atomic E-state index is 14.3. The summed E-state index contributed by atoms with van der Waals surface area (Å²) < 4.78 is 33.6. The van der Waals surface area contributed by atoms with E-state index in [4.69, 9.17) is 10.5 Å². The van der Waals surface area contributed by atoms with Crippen LogP contribution in [0.3, 0.4) is 0 Å². The molecule has 1 aliphatic heterocycles. The highest BCUT2D eigenvalue weighted by molar-refractivity contribution is 5.93. The minimum Gasteiger partial charge on any atom is -0.488 e. The molecule has 1 amide bonds. The fourth-order valence-corrected chi connectivity index (χ4v) is 3.68. The van der Waals surface area contributed by atoms with Gasteiger partial charge in [0.05, 0.1) is 12.1 Å². The number of halogens is 2. The minimum absolute atomic E-state index is 0.0826. The van der Waals surface area contributed by atoms with Crippen molar-refractivity contribution in [2.75, 3.05) is 18.0 Å². The molecular formula is C21H22F2N2O2. The molecule has 0 bridgehead atoms. The zero-order valence-electron chi connectivity index (χ0n) is 15.0. The Morgan fingerprint density at radius 2 is 1.85 bits per heavy atom. The first-order valence-corrected chi connectivity index (χ1v) is 9.31.